The molecule has 1 aliphatic rings. The van der Waals surface area contributed by atoms with E-state index in [1.165, 1.54) is 25.7 Å². The van der Waals surface area contributed by atoms with Crippen molar-refractivity contribution in [3.05, 3.63) is 23.8 Å². The monoisotopic (exact) mass is 320 g/mol. The fourth-order valence-corrected chi connectivity index (χ4v) is 2.74. The Hall–Kier alpha value is -2.24. The third kappa shape index (κ3) is 4.37. The standard InChI is InChI=1S/C17H24N2O4/c1-17(16(22)23-2,19-18-13-6-4-3-5-7-13)11-12-8-9-14(20)15(21)10-12/h8-10,19-21H,3-7,11H2,1-2H3/t17-/m1/s1. The quantitative estimate of drug-likeness (QED) is 0.440. The number of benzene rings is 1. The van der Waals surface area contributed by atoms with Crippen LogP contribution in [0.1, 0.15) is 44.6 Å². The van der Waals surface area contributed by atoms with E-state index in [1.807, 2.05) is 0 Å². The molecule has 3 N–H and O–H groups in total. The first kappa shape index (κ1) is 17.1. The Morgan fingerprint density at radius 2 is 1.96 bits per heavy atom. The summed E-state index contributed by atoms with van der Waals surface area (Å²) in [6, 6.07) is 4.49. The van der Waals surface area contributed by atoms with E-state index in [4.69, 9.17) is 4.74 Å². The number of aromatic hydroxyl groups is 2. The molecule has 0 saturated heterocycles. The SMILES string of the molecule is COC(=O)[C@@](C)(Cc1ccc(O)c(O)c1)NN=C1CCCCC1. The summed E-state index contributed by atoms with van der Waals surface area (Å²) in [5.74, 6) is -0.831. The minimum Gasteiger partial charge on any atom is -0.504 e. The van der Waals surface area contributed by atoms with Gasteiger partial charge in [-0.15, -0.1) is 0 Å². The van der Waals surface area contributed by atoms with Crippen LogP contribution in [0.15, 0.2) is 23.3 Å². The van der Waals surface area contributed by atoms with Gasteiger partial charge in [0.2, 0.25) is 0 Å². The van der Waals surface area contributed by atoms with Gasteiger partial charge < -0.3 is 14.9 Å². The van der Waals surface area contributed by atoms with E-state index in [1.54, 1.807) is 13.0 Å². The first-order chi connectivity index (χ1) is 10.9. The minimum absolute atomic E-state index is 0.191. The third-order valence-electron chi connectivity index (χ3n) is 4.12. The van der Waals surface area contributed by atoms with Crippen LogP contribution in [-0.2, 0) is 16.0 Å². The number of methoxy groups -OCH3 is 1. The number of phenolic OH excluding ortho intramolecular Hbond substituents is 2. The Bertz CT molecular complexity index is 592. The van der Waals surface area contributed by atoms with Crippen LogP contribution in [0, 0.1) is 0 Å². The highest BCUT2D eigenvalue weighted by Crippen LogP contribution is 2.27. The van der Waals surface area contributed by atoms with Gasteiger partial charge in [0.15, 0.2) is 17.0 Å². The molecule has 0 aliphatic heterocycles. The topological polar surface area (TPSA) is 91.2 Å². The van der Waals surface area contributed by atoms with Crippen molar-refractivity contribution in [3.8, 4) is 11.5 Å². The second-order valence-corrected chi connectivity index (χ2v) is 6.17. The number of carbonyl (C=O) groups excluding carboxylic acids is 1. The van der Waals surface area contributed by atoms with Gasteiger partial charge in [-0.05, 0) is 50.3 Å². The highest BCUT2D eigenvalue weighted by molar-refractivity contribution is 5.85. The van der Waals surface area contributed by atoms with Crippen molar-refractivity contribution in [2.45, 2.75) is 51.0 Å². The van der Waals surface area contributed by atoms with Crippen molar-refractivity contribution < 1.29 is 19.7 Å². The van der Waals surface area contributed by atoms with Gasteiger partial charge in [0.05, 0.1) is 7.11 Å². The molecule has 1 atom stereocenters. The lowest BCUT2D eigenvalue weighted by Crippen LogP contribution is -2.50. The lowest BCUT2D eigenvalue weighted by atomic mass is 9.93. The maximum Gasteiger partial charge on any atom is 0.333 e. The van der Waals surface area contributed by atoms with Crippen molar-refractivity contribution in [2.24, 2.45) is 5.10 Å². The molecule has 6 nitrogen and oxygen atoms in total. The average molecular weight is 320 g/mol. The van der Waals surface area contributed by atoms with E-state index in [-0.39, 0.29) is 17.9 Å². The summed E-state index contributed by atoms with van der Waals surface area (Å²) in [6.07, 6.45) is 5.65. The molecule has 23 heavy (non-hydrogen) atoms. The molecular formula is C17H24N2O4. The number of carbonyl (C=O) groups is 1. The van der Waals surface area contributed by atoms with Gasteiger partial charge in [-0.2, -0.15) is 5.10 Å². The van der Waals surface area contributed by atoms with Crippen molar-refractivity contribution in [2.75, 3.05) is 7.11 Å². The van der Waals surface area contributed by atoms with E-state index < -0.39 is 11.5 Å². The predicted octanol–water partition coefficient (Wildman–Crippen LogP) is 2.48. The highest BCUT2D eigenvalue weighted by atomic mass is 16.5. The molecule has 1 aromatic rings. The summed E-state index contributed by atoms with van der Waals surface area (Å²) in [5, 5.41) is 23.4. The number of nitrogens with one attached hydrogen (secondary N) is 1. The lowest BCUT2D eigenvalue weighted by Gasteiger charge is -2.27. The number of rotatable bonds is 5. The maximum absolute atomic E-state index is 12.2. The van der Waals surface area contributed by atoms with Gasteiger partial charge in [-0.3, -0.25) is 5.43 Å². The van der Waals surface area contributed by atoms with Crippen LogP contribution in [0.3, 0.4) is 0 Å². The van der Waals surface area contributed by atoms with Crippen LogP contribution in [0.5, 0.6) is 11.5 Å². The van der Waals surface area contributed by atoms with Gasteiger partial charge in [0.1, 0.15) is 0 Å². The van der Waals surface area contributed by atoms with Gasteiger partial charge in [-0.1, -0.05) is 12.5 Å². The lowest BCUT2D eigenvalue weighted by molar-refractivity contribution is -0.147. The molecular weight excluding hydrogens is 296 g/mol. The van der Waals surface area contributed by atoms with Crippen LogP contribution < -0.4 is 5.43 Å². The summed E-state index contributed by atoms with van der Waals surface area (Å²) in [6.45, 7) is 1.72. The van der Waals surface area contributed by atoms with Gasteiger partial charge in [0.25, 0.3) is 0 Å². The Morgan fingerprint density at radius 1 is 1.26 bits per heavy atom. The van der Waals surface area contributed by atoms with Crippen LogP contribution in [0.2, 0.25) is 0 Å². The molecule has 1 saturated carbocycles. The Kier molecular flexibility index (Phi) is 5.47. The summed E-state index contributed by atoms with van der Waals surface area (Å²) in [5.41, 5.74) is 3.70. The Balaban J connectivity index is 2.17. The summed E-state index contributed by atoms with van der Waals surface area (Å²) < 4.78 is 4.90. The summed E-state index contributed by atoms with van der Waals surface area (Å²) in [7, 11) is 1.34. The molecule has 1 fully saturated rings. The molecule has 6 heteroatoms. The molecule has 0 spiro atoms. The van der Waals surface area contributed by atoms with E-state index in [9.17, 15) is 15.0 Å². The zero-order valence-corrected chi connectivity index (χ0v) is 13.6. The van der Waals surface area contributed by atoms with Gasteiger partial charge in [0, 0.05) is 12.1 Å². The first-order valence-corrected chi connectivity index (χ1v) is 7.86. The average Bonchev–Trinajstić information content (AvgIpc) is 2.56. The predicted molar refractivity (Wildman–Crippen MR) is 87.6 cm³/mol. The molecule has 1 aliphatic carbocycles. The zero-order chi connectivity index (χ0) is 16.9. The molecule has 2 rings (SSSR count). The fourth-order valence-electron chi connectivity index (χ4n) is 2.74. The first-order valence-electron chi connectivity index (χ1n) is 7.86. The number of nitrogens with zero attached hydrogens (tertiary/aromatic N) is 1. The van der Waals surface area contributed by atoms with Gasteiger partial charge in [-0.25, -0.2) is 4.79 Å². The third-order valence-corrected chi connectivity index (χ3v) is 4.12. The number of hydrazone groups is 1. The molecule has 126 valence electrons. The molecule has 0 radical (unpaired) electrons. The van der Waals surface area contributed by atoms with Crippen molar-refractivity contribution in [1.82, 2.24) is 5.43 Å². The number of phenols is 2. The highest BCUT2D eigenvalue weighted by Gasteiger charge is 2.35. The van der Waals surface area contributed by atoms with Crippen LogP contribution in [0.25, 0.3) is 0 Å². The number of hydrogen-bond acceptors (Lipinski definition) is 6. The smallest absolute Gasteiger partial charge is 0.333 e. The number of ether oxygens (including phenoxy) is 1. The summed E-state index contributed by atoms with van der Waals surface area (Å²) in [4.78, 5) is 12.2. The van der Waals surface area contributed by atoms with Crippen molar-refractivity contribution >= 4 is 11.7 Å². The largest absolute Gasteiger partial charge is 0.504 e. The van der Waals surface area contributed by atoms with Crippen molar-refractivity contribution in [3.63, 3.8) is 0 Å². The maximum atomic E-state index is 12.2. The van der Waals surface area contributed by atoms with Crippen LogP contribution in [-0.4, -0.2) is 34.5 Å². The van der Waals surface area contributed by atoms with E-state index in [0.717, 1.165) is 31.4 Å². The summed E-state index contributed by atoms with van der Waals surface area (Å²) >= 11 is 0. The van der Waals surface area contributed by atoms with Crippen LogP contribution in [0.4, 0.5) is 0 Å². The molecule has 0 heterocycles. The molecule has 1 aromatic carbocycles. The number of hydrogen-bond donors (Lipinski definition) is 3. The molecule has 0 unspecified atom stereocenters. The van der Waals surface area contributed by atoms with E-state index >= 15 is 0 Å². The second-order valence-electron chi connectivity index (χ2n) is 6.17. The second kappa shape index (κ2) is 7.35. The van der Waals surface area contributed by atoms with E-state index in [2.05, 4.69) is 10.5 Å². The molecule has 0 amide bonds. The Morgan fingerprint density at radius 3 is 2.57 bits per heavy atom. The van der Waals surface area contributed by atoms with Gasteiger partial charge >= 0.3 is 5.97 Å². The van der Waals surface area contributed by atoms with Crippen molar-refractivity contribution in [1.29, 1.82) is 0 Å². The minimum atomic E-state index is -1.04. The Labute approximate surface area is 136 Å². The normalized spacial score (nSPS) is 17.2. The number of esters is 1. The fraction of sp³-hybridized carbons (Fsp3) is 0.529. The van der Waals surface area contributed by atoms with E-state index in [0.29, 0.717) is 5.56 Å². The molecule has 0 bridgehead atoms. The van der Waals surface area contributed by atoms with Crippen LogP contribution >= 0.6 is 0 Å². The zero-order valence-electron chi connectivity index (χ0n) is 13.6. The molecule has 0 aromatic heterocycles.